The predicted molar refractivity (Wildman–Crippen MR) is 193 cm³/mol. The maximum absolute atomic E-state index is 14.1. The number of hydrogen-bond donors (Lipinski definition) is 2. The molecule has 2 fully saturated rings. The van der Waals surface area contributed by atoms with Crippen LogP contribution in [0.4, 0.5) is 10.5 Å². The van der Waals surface area contributed by atoms with E-state index in [1.54, 1.807) is 21.8 Å². The van der Waals surface area contributed by atoms with Gasteiger partial charge >= 0.3 is 6.03 Å². The molecule has 258 valence electrons. The minimum atomic E-state index is -3.65. The molecule has 2 heterocycles. The van der Waals surface area contributed by atoms with Gasteiger partial charge in [0.05, 0.1) is 4.90 Å². The number of nitrogens with zero attached hydrogens (tertiary/aromatic N) is 3. The van der Waals surface area contributed by atoms with Crippen molar-refractivity contribution in [3.63, 3.8) is 0 Å². The van der Waals surface area contributed by atoms with E-state index in [1.807, 2.05) is 72.8 Å². The van der Waals surface area contributed by atoms with Crippen LogP contribution in [0.5, 0.6) is 5.75 Å². The molecule has 11 heteroatoms. The highest BCUT2D eigenvalue weighted by molar-refractivity contribution is 7.89. The van der Waals surface area contributed by atoms with Gasteiger partial charge in [-0.05, 0) is 85.4 Å². The van der Waals surface area contributed by atoms with Crippen LogP contribution in [0.3, 0.4) is 0 Å². The summed E-state index contributed by atoms with van der Waals surface area (Å²) >= 11 is 0. The number of anilines is 1. The molecule has 4 aromatic carbocycles. The number of urea groups is 1. The average Bonchev–Trinajstić information content (AvgIpc) is 3.59. The Kier molecular flexibility index (Phi) is 12.4. The molecular formula is C38H45N5O5S. The van der Waals surface area contributed by atoms with Crippen molar-refractivity contribution < 1.29 is 22.7 Å². The maximum Gasteiger partial charge on any atom is 0.318 e. The van der Waals surface area contributed by atoms with E-state index in [9.17, 15) is 18.0 Å². The Bertz CT molecular complexity index is 1740. The lowest BCUT2D eigenvalue weighted by atomic mass is 10.0. The Morgan fingerprint density at radius 1 is 0.857 bits per heavy atom. The summed E-state index contributed by atoms with van der Waals surface area (Å²) in [7, 11) is -3.65. The highest BCUT2D eigenvalue weighted by atomic mass is 32.2. The third kappa shape index (κ3) is 9.47. The molecule has 0 aliphatic carbocycles. The zero-order valence-electron chi connectivity index (χ0n) is 27.9. The topological polar surface area (TPSA) is 125 Å². The van der Waals surface area contributed by atoms with Crippen LogP contribution in [0.25, 0.3) is 11.1 Å². The van der Waals surface area contributed by atoms with Crippen LogP contribution in [0.15, 0.2) is 114 Å². The van der Waals surface area contributed by atoms with Crippen LogP contribution in [0, 0.1) is 0 Å². The average molecular weight is 684 g/mol. The fourth-order valence-electron chi connectivity index (χ4n) is 6.61. The van der Waals surface area contributed by atoms with E-state index in [1.165, 1.54) is 6.42 Å². The molecule has 2 atom stereocenters. The molecular weight excluding hydrogens is 639 g/mol. The van der Waals surface area contributed by atoms with Crippen molar-refractivity contribution in [2.45, 2.75) is 49.8 Å². The van der Waals surface area contributed by atoms with Gasteiger partial charge in [-0.25, -0.2) is 13.2 Å². The van der Waals surface area contributed by atoms with Gasteiger partial charge in [0.15, 0.2) is 0 Å². The van der Waals surface area contributed by atoms with E-state index < -0.39 is 16.1 Å². The molecule has 2 aliphatic heterocycles. The molecule has 2 unspecified atom stereocenters. The number of carbonyl (C=O) groups is 2. The number of sulfonamides is 1. The smallest absolute Gasteiger partial charge is 0.318 e. The van der Waals surface area contributed by atoms with E-state index in [4.69, 9.17) is 4.74 Å². The number of nitrogens with one attached hydrogen (secondary N) is 1. The summed E-state index contributed by atoms with van der Waals surface area (Å²) in [5.74, 6) is 0.828. The molecule has 4 aromatic rings. The first-order chi connectivity index (χ1) is 23.8. The highest BCUT2D eigenvalue weighted by Gasteiger charge is 2.39. The molecule has 10 nitrogen and oxygen atoms in total. The summed E-state index contributed by atoms with van der Waals surface area (Å²) < 4.78 is 36.0. The number of nitrogens with two attached hydrogens (primary N) is 1. The summed E-state index contributed by atoms with van der Waals surface area (Å²) in [6, 6.07) is 35.3. The second-order valence-electron chi connectivity index (χ2n) is 12.2. The third-order valence-corrected chi connectivity index (χ3v) is 11.1. The molecule has 0 saturated carbocycles. The standard InChI is InChI=1S/C36H41N3O3S.C2H4N2O2/c1-2-37-23-9-14-33(37)26-34-27-38(32-17-19-35(20-18-32)42-28-29-10-5-3-6-11-29)24-25-39(34)43(40,41)36-21-15-31(16-22-36)30-12-7-4-8-13-30;3-2(6)4-1-5/h3-8,10-13,15-22,33-34H,2,9,14,23-28H2,1H3;1H,(H3,3,4,5,6). The van der Waals surface area contributed by atoms with Crippen molar-refractivity contribution in [3.05, 3.63) is 115 Å². The fraction of sp³-hybridized carbons (Fsp3) is 0.316. The largest absolute Gasteiger partial charge is 0.489 e. The number of hydrogen-bond acceptors (Lipinski definition) is 7. The number of amides is 3. The lowest BCUT2D eigenvalue weighted by molar-refractivity contribution is -0.108. The van der Waals surface area contributed by atoms with E-state index in [-0.39, 0.29) is 12.5 Å². The summed E-state index contributed by atoms with van der Waals surface area (Å²) in [6.07, 6.45) is 3.36. The molecule has 6 rings (SSSR count). The number of ether oxygens (including phenoxy) is 1. The van der Waals surface area contributed by atoms with Gasteiger partial charge in [-0.1, -0.05) is 79.7 Å². The summed E-state index contributed by atoms with van der Waals surface area (Å²) in [5, 5.41) is 1.67. The van der Waals surface area contributed by atoms with Gasteiger partial charge in [0, 0.05) is 37.4 Å². The van der Waals surface area contributed by atoms with Gasteiger partial charge in [0.1, 0.15) is 12.4 Å². The Morgan fingerprint density at radius 2 is 1.51 bits per heavy atom. The maximum atomic E-state index is 14.1. The Labute approximate surface area is 289 Å². The number of piperazine rings is 1. The normalized spacial score (nSPS) is 18.3. The monoisotopic (exact) mass is 683 g/mol. The van der Waals surface area contributed by atoms with E-state index in [0.29, 0.717) is 37.2 Å². The van der Waals surface area contributed by atoms with Crippen LogP contribution in [0.2, 0.25) is 0 Å². The lowest BCUT2D eigenvalue weighted by Gasteiger charge is -2.43. The van der Waals surface area contributed by atoms with Gasteiger partial charge in [-0.2, -0.15) is 4.31 Å². The molecule has 0 radical (unpaired) electrons. The van der Waals surface area contributed by atoms with Crippen LogP contribution in [0.1, 0.15) is 31.7 Å². The van der Waals surface area contributed by atoms with Crippen molar-refractivity contribution in [1.29, 1.82) is 0 Å². The highest BCUT2D eigenvalue weighted by Crippen LogP contribution is 2.32. The molecule has 0 spiro atoms. The molecule has 3 amide bonds. The van der Waals surface area contributed by atoms with Crippen LogP contribution in [-0.4, -0.2) is 74.9 Å². The van der Waals surface area contributed by atoms with Gasteiger partial charge in [0.2, 0.25) is 16.4 Å². The van der Waals surface area contributed by atoms with Gasteiger partial charge in [-0.15, -0.1) is 0 Å². The minimum absolute atomic E-state index is 0.112. The van der Waals surface area contributed by atoms with Crippen LogP contribution in [-0.2, 0) is 21.4 Å². The Morgan fingerprint density at radius 3 is 2.12 bits per heavy atom. The predicted octanol–water partition coefficient (Wildman–Crippen LogP) is 5.50. The number of carbonyl (C=O) groups excluding carboxylic acids is 2. The van der Waals surface area contributed by atoms with Crippen molar-refractivity contribution >= 4 is 28.2 Å². The first-order valence-electron chi connectivity index (χ1n) is 16.7. The lowest BCUT2D eigenvalue weighted by Crippen LogP contribution is -2.56. The number of primary amides is 1. The van der Waals surface area contributed by atoms with Gasteiger partial charge in [0.25, 0.3) is 0 Å². The molecule has 49 heavy (non-hydrogen) atoms. The zero-order chi connectivity index (χ0) is 34.6. The van der Waals surface area contributed by atoms with Crippen molar-refractivity contribution in [3.8, 4) is 16.9 Å². The van der Waals surface area contributed by atoms with Gasteiger partial charge < -0.3 is 20.3 Å². The molecule has 3 N–H and O–H groups in total. The van der Waals surface area contributed by atoms with Crippen molar-refractivity contribution in [2.75, 3.05) is 37.6 Å². The second-order valence-corrected chi connectivity index (χ2v) is 14.1. The Hall–Kier alpha value is -4.71. The van der Waals surface area contributed by atoms with Crippen LogP contribution < -0.4 is 20.7 Å². The van der Waals surface area contributed by atoms with E-state index in [0.717, 1.165) is 54.1 Å². The van der Waals surface area contributed by atoms with E-state index >= 15 is 0 Å². The summed E-state index contributed by atoms with van der Waals surface area (Å²) in [4.78, 5) is 23.9. The fourth-order valence-corrected chi connectivity index (χ4v) is 8.23. The van der Waals surface area contributed by atoms with Crippen molar-refractivity contribution in [2.24, 2.45) is 5.73 Å². The summed E-state index contributed by atoms with van der Waals surface area (Å²) in [6.45, 7) is 6.59. The summed E-state index contributed by atoms with van der Waals surface area (Å²) in [5.41, 5.74) is 8.75. The third-order valence-electron chi connectivity index (χ3n) is 9.10. The minimum Gasteiger partial charge on any atom is -0.489 e. The number of likely N-dealkylation sites (tertiary alicyclic amines) is 1. The van der Waals surface area contributed by atoms with Gasteiger partial charge in [-0.3, -0.25) is 10.1 Å². The second kappa shape index (κ2) is 17.1. The first kappa shape index (κ1) is 35.6. The molecule has 2 aliphatic rings. The number of rotatable bonds is 11. The van der Waals surface area contributed by atoms with Crippen LogP contribution >= 0.6 is 0 Å². The zero-order valence-corrected chi connectivity index (χ0v) is 28.7. The number of benzene rings is 4. The Balaban J connectivity index is 0.000000717. The quantitative estimate of drug-likeness (QED) is 0.200. The first-order valence-corrected chi connectivity index (χ1v) is 18.1. The molecule has 0 bridgehead atoms. The SMILES string of the molecule is CCN1CCCC1CC1CN(c2ccc(OCc3ccccc3)cc2)CCN1S(=O)(=O)c1ccc(-c2ccccc2)cc1.NC(=O)NC=O. The molecule has 2 saturated heterocycles. The van der Waals surface area contributed by atoms with E-state index in [2.05, 4.69) is 46.7 Å². The number of imide groups is 1. The van der Waals surface area contributed by atoms with Crippen molar-refractivity contribution in [1.82, 2.24) is 14.5 Å². The molecule has 0 aromatic heterocycles.